The smallest absolute Gasteiger partial charge is 0.310 e. The van der Waals surface area contributed by atoms with Crippen molar-refractivity contribution in [3.8, 4) is 5.75 Å². The fourth-order valence-electron chi connectivity index (χ4n) is 3.05. The minimum absolute atomic E-state index is 0.0303. The number of aromatic hydroxyl groups is 1. The molecular weight excluding hydrogens is 254 g/mol. The summed E-state index contributed by atoms with van der Waals surface area (Å²) >= 11 is 0. The summed E-state index contributed by atoms with van der Waals surface area (Å²) in [5.41, 5.74) is 1.35. The van der Waals surface area contributed by atoms with Crippen LogP contribution in [0.3, 0.4) is 0 Å². The van der Waals surface area contributed by atoms with E-state index >= 15 is 0 Å². The van der Waals surface area contributed by atoms with Crippen LogP contribution in [0.25, 0.3) is 0 Å². The van der Waals surface area contributed by atoms with Crippen molar-refractivity contribution in [2.45, 2.75) is 39.7 Å². The first-order valence-corrected chi connectivity index (χ1v) is 7.16. The summed E-state index contributed by atoms with van der Waals surface area (Å²) in [7, 11) is 0. The molecule has 0 spiro atoms. The maximum absolute atomic E-state index is 11.5. The van der Waals surface area contributed by atoms with Crippen molar-refractivity contribution in [2.24, 2.45) is 5.41 Å². The molecule has 0 saturated carbocycles. The molecular formula is C16H23NO3. The van der Waals surface area contributed by atoms with E-state index in [0.717, 1.165) is 17.7 Å². The average molecular weight is 277 g/mol. The normalized spacial score (nSPS) is 24.8. The van der Waals surface area contributed by atoms with E-state index in [-0.39, 0.29) is 11.8 Å². The lowest BCUT2D eigenvalue weighted by Crippen LogP contribution is -2.35. The minimum Gasteiger partial charge on any atom is -0.508 e. The Kier molecular flexibility index (Phi) is 4.04. The van der Waals surface area contributed by atoms with Gasteiger partial charge < -0.3 is 10.2 Å². The third-order valence-electron chi connectivity index (χ3n) is 4.69. The molecule has 0 aliphatic carbocycles. The number of carboxylic acids is 1. The number of benzene rings is 1. The predicted molar refractivity (Wildman–Crippen MR) is 77.8 cm³/mol. The van der Waals surface area contributed by atoms with Crippen molar-refractivity contribution >= 4 is 5.97 Å². The molecule has 20 heavy (non-hydrogen) atoms. The van der Waals surface area contributed by atoms with E-state index in [1.54, 1.807) is 6.07 Å². The van der Waals surface area contributed by atoms with Crippen LogP contribution in [0.15, 0.2) is 18.2 Å². The molecule has 1 saturated heterocycles. The summed E-state index contributed by atoms with van der Waals surface area (Å²) in [6.07, 6.45) is 1.32. The number of phenols is 1. The number of hydrogen-bond donors (Lipinski definition) is 2. The number of hydrogen-bond acceptors (Lipinski definition) is 3. The van der Waals surface area contributed by atoms with Crippen molar-refractivity contribution in [1.82, 2.24) is 4.90 Å². The van der Waals surface area contributed by atoms with E-state index < -0.39 is 11.4 Å². The SMILES string of the molecule is CCC1(C(=O)O)CCN(C(C)c2cc(C)ccc2O)C1. The van der Waals surface area contributed by atoms with E-state index in [2.05, 4.69) is 4.90 Å². The maximum atomic E-state index is 11.5. The number of aliphatic carboxylic acids is 1. The van der Waals surface area contributed by atoms with Crippen molar-refractivity contribution in [2.75, 3.05) is 13.1 Å². The fraction of sp³-hybridized carbons (Fsp3) is 0.562. The van der Waals surface area contributed by atoms with Crippen molar-refractivity contribution < 1.29 is 15.0 Å². The average Bonchev–Trinajstić information content (AvgIpc) is 2.86. The molecule has 2 N–H and O–H groups in total. The van der Waals surface area contributed by atoms with Gasteiger partial charge >= 0.3 is 5.97 Å². The van der Waals surface area contributed by atoms with Gasteiger partial charge in [-0.25, -0.2) is 0 Å². The third-order valence-corrected chi connectivity index (χ3v) is 4.69. The highest BCUT2D eigenvalue weighted by molar-refractivity contribution is 5.75. The van der Waals surface area contributed by atoms with Gasteiger partial charge in [-0.05, 0) is 39.3 Å². The van der Waals surface area contributed by atoms with Gasteiger partial charge in [0.2, 0.25) is 0 Å². The van der Waals surface area contributed by atoms with Crippen LogP contribution in [-0.4, -0.2) is 34.2 Å². The first kappa shape index (κ1) is 14.9. The second-order valence-corrected chi connectivity index (χ2v) is 5.90. The Morgan fingerprint density at radius 2 is 2.20 bits per heavy atom. The number of carbonyl (C=O) groups is 1. The van der Waals surface area contributed by atoms with Crippen LogP contribution in [0, 0.1) is 12.3 Å². The molecule has 1 aliphatic rings. The first-order valence-electron chi connectivity index (χ1n) is 7.16. The van der Waals surface area contributed by atoms with Crippen molar-refractivity contribution in [3.63, 3.8) is 0 Å². The lowest BCUT2D eigenvalue weighted by molar-refractivity contribution is -0.148. The second kappa shape index (κ2) is 5.44. The molecule has 2 rings (SSSR count). The molecule has 4 heteroatoms. The van der Waals surface area contributed by atoms with E-state index in [1.165, 1.54) is 0 Å². The molecule has 0 amide bonds. The van der Waals surface area contributed by atoms with Gasteiger partial charge in [-0.3, -0.25) is 9.69 Å². The van der Waals surface area contributed by atoms with Crippen LogP contribution in [0.5, 0.6) is 5.75 Å². The molecule has 1 heterocycles. The Bertz CT molecular complexity index is 514. The number of carboxylic acid groups (broad SMARTS) is 1. The Morgan fingerprint density at radius 3 is 2.75 bits per heavy atom. The fourth-order valence-corrected chi connectivity index (χ4v) is 3.05. The van der Waals surface area contributed by atoms with Crippen LogP contribution in [0.4, 0.5) is 0 Å². The van der Waals surface area contributed by atoms with Crippen LogP contribution in [0.2, 0.25) is 0 Å². The van der Waals surface area contributed by atoms with Gasteiger partial charge in [0.05, 0.1) is 5.41 Å². The van der Waals surface area contributed by atoms with E-state index in [1.807, 2.05) is 32.9 Å². The summed E-state index contributed by atoms with van der Waals surface area (Å²) in [5, 5.41) is 19.5. The van der Waals surface area contributed by atoms with Crippen LogP contribution in [0.1, 0.15) is 43.9 Å². The summed E-state index contributed by atoms with van der Waals surface area (Å²) < 4.78 is 0. The van der Waals surface area contributed by atoms with Gasteiger partial charge in [-0.2, -0.15) is 0 Å². The third kappa shape index (κ3) is 2.52. The van der Waals surface area contributed by atoms with Gasteiger partial charge in [0.1, 0.15) is 5.75 Å². The Hall–Kier alpha value is -1.55. The number of phenolic OH excluding ortho intramolecular Hbond substituents is 1. The standard InChI is InChI=1S/C16H23NO3/c1-4-16(15(19)20)7-8-17(10-16)12(3)13-9-11(2)5-6-14(13)18/h5-6,9,12,18H,4,7-8,10H2,1-3H3,(H,19,20). The van der Waals surface area contributed by atoms with Crippen LogP contribution < -0.4 is 0 Å². The van der Waals surface area contributed by atoms with Crippen molar-refractivity contribution in [1.29, 1.82) is 0 Å². The zero-order valence-corrected chi connectivity index (χ0v) is 12.4. The molecule has 0 bridgehead atoms. The van der Waals surface area contributed by atoms with Gasteiger partial charge in [0.25, 0.3) is 0 Å². The van der Waals surface area contributed by atoms with E-state index in [0.29, 0.717) is 19.4 Å². The largest absolute Gasteiger partial charge is 0.508 e. The molecule has 0 aromatic heterocycles. The molecule has 1 aliphatic heterocycles. The molecule has 0 radical (unpaired) electrons. The summed E-state index contributed by atoms with van der Waals surface area (Å²) in [6, 6.07) is 5.60. The lowest BCUT2D eigenvalue weighted by Gasteiger charge is -2.28. The molecule has 2 unspecified atom stereocenters. The van der Waals surface area contributed by atoms with Crippen molar-refractivity contribution in [3.05, 3.63) is 29.3 Å². The van der Waals surface area contributed by atoms with Crippen LogP contribution in [-0.2, 0) is 4.79 Å². The van der Waals surface area contributed by atoms with E-state index in [9.17, 15) is 15.0 Å². The molecule has 1 fully saturated rings. The zero-order chi connectivity index (χ0) is 14.9. The first-order chi connectivity index (χ1) is 9.39. The summed E-state index contributed by atoms with van der Waals surface area (Å²) in [6.45, 7) is 7.27. The maximum Gasteiger partial charge on any atom is 0.310 e. The zero-order valence-electron chi connectivity index (χ0n) is 12.4. The van der Waals surface area contributed by atoms with Gasteiger partial charge in [-0.1, -0.05) is 24.6 Å². The Morgan fingerprint density at radius 1 is 1.50 bits per heavy atom. The number of likely N-dealkylation sites (tertiary alicyclic amines) is 1. The summed E-state index contributed by atoms with van der Waals surface area (Å²) in [4.78, 5) is 13.7. The highest BCUT2D eigenvalue weighted by atomic mass is 16.4. The van der Waals surface area contributed by atoms with Crippen LogP contribution >= 0.6 is 0 Å². The molecule has 1 aromatic rings. The van der Waals surface area contributed by atoms with Gasteiger partial charge in [0, 0.05) is 18.2 Å². The minimum atomic E-state index is -0.705. The molecule has 110 valence electrons. The molecule has 4 nitrogen and oxygen atoms in total. The predicted octanol–water partition coefficient (Wildman–Crippen LogP) is 2.95. The second-order valence-electron chi connectivity index (χ2n) is 5.90. The van der Waals surface area contributed by atoms with Gasteiger partial charge in [0.15, 0.2) is 0 Å². The Labute approximate surface area is 120 Å². The lowest BCUT2D eigenvalue weighted by atomic mass is 9.84. The van der Waals surface area contributed by atoms with E-state index in [4.69, 9.17) is 0 Å². The highest BCUT2D eigenvalue weighted by Crippen LogP contribution is 2.39. The number of rotatable bonds is 4. The number of aryl methyl sites for hydroxylation is 1. The topological polar surface area (TPSA) is 60.8 Å². The monoisotopic (exact) mass is 277 g/mol. The Balaban J connectivity index is 2.21. The molecule has 1 aromatic carbocycles. The quantitative estimate of drug-likeness (QED) is 0.888. The number of nitrogens with zero attached hydrogens (tertiary/aromatic N) is 1. The molecule has 2 atom stereocenters. The van der Waals surface area contributed by atoms with Gasteiger partial charge in [-0.15, -0.1) is 0 Å². The highest BCUT2D eigenvalue weighted by Gasteiger charge is 2.44. The summed E-state index contributed by atoms with van der Waals surface area (Å²) in [5.74, 6) is -0.421.